The van der Waals surface area contributed by atoms with Crippen LogP contribution in [0.4, 0.5) is 17.3 Å². The van der Waals surface area contributed by atoms with E-state index >= 15 is 0 Å². The number of aliphatic hydroxyl groups excluding tert-OH is 1. The minimum absolute atomic E-state index is 0.231. The van der Waals surface area contributed by atoms with Gasteiger partial charge in [-0.2, -0.15) is 0 Å². The molecular weight excluding hydrogens is 402 g/mol. The van der Waals surface area contributed by atoms with Gasteiger partial charge in [-0.1, -0.05) is 24.3 Å². The fourth-order valence-electron chi connectivity index (χ4n) is 5.25. The predicted molar refractivity (Wildman–Crippen MR) is 125 cm³/mol. The van der Waals surface area contributed by atoms with Crippen molar-refractivity contribution < 1.29 is 9.84 Å². The molecule has 2 aliphatic heterocycles. The van der Waals surface area contributed by atoms with E-state index in [1.807, 2.05) is 37.3 Å². The topological polar surface area (TPSA) is 74.9 Å². The van der Waals surface area contributed by atoms with Crippen LogP contribution < -0.4 is 15.0 Å². The Morgan fingerprint density at radius 3 is 2.59 bits per heavy atom. The number of anilines is 2. The molecule has 2 aromatic carbocycles. The van der Waals surface area contributed by atoms with Crippen LogP contribution in [0.1, 0.15) is 36.8 Å². The molecule has 0 amide bonds. The fourth-order valence-corrected chi connectivity index (χ4v) is 5.25. The van der Waals surface area contributed by atoms with Crippen LogP contribution in [0.15, 0.2) is 36.4 Å². The highest BCUT2D eigenvalue weighted by atomic mass is 16.5. The van der Waals surface area contributed by atoms with Gasteiger partial charge in [-0.3, -0.25) is 0 Å². The number of fused-ring (bicyclic) bond motifs is 3. The quantitative estimate of drug-likeness (QED) is 0.578. The lowest BCUT2D eigenvalue weighted by atomic mass is 9.99. The van der Waals surface area contributed by atoms with Crippen LogP contribution in [-0.2, 0) is 6.54 Å². The number of hydrogen-bond acceptors (Lipinski definition) is 6. The third kappa shape index (κ3) is 3.61. The zero-order chi connectivity index (χ0) is 22.2. The van der Waals surface area contributed by atoms with Crippen molar-refractivity contribution in [2.45, 2.75) is 57.3 Å². The number of methoxy groups -OCH3 is 1. The monoisotopic (exact) mass is 429 g/mol. The van der Waals surface area contributed by atoms with Crippen molar-refractivity contribution >= 4 is 28.1 Å². The number of aliphatic hydroxyl groups is 1. The normalized spacial score (nSPS) is 22.1. The van der Waals surface area contributed by atoms with Crippen molar-refractivity contribution in [2.75, 3.05) is 17.3 Å². The van der Waals surface area contributed by atoms with Crippen LogP contribution >= 0.6 is 0 Å². The Balaban J connectivity index is 1.50. The van der Waals surface area contributed by atoms with Crippen LogP contribution in [0.2, 0.25) is 0 Å². The second kappa shape index (κ2) is 8.29. The summed E-state index contributed by atoms with van der Waals surface area (Å²) in [5.41, 5.74) is 2.78. The molecule has 3 heterocycles. The Morgan fingerprint density at radius 2 is 1.91 bits per heavy atom. The minimum Gasteiger partial charge on any atom is -0.496 e. The van der Waals surface area contributed by atoms with Gasteiger partial charge >= 0.3 is 0 Å². The molecule has 0 radical (unpaired) electrons. The number of hydrogen-bond donors (Lipinski definition) is 2. The maximum Gasteiger partial charge on any atom is 0.188 e. The number of aryl methyl sites for hydroxylation is 1. The maximum atomic E-state index is 10.2. The van der Waals surface area contributed by atoms with E-state index in [-0.39, 0.29) is 6.10 Å². The molecule has 32 heavy (non-hydrogen) atoms. The van der Waals surface area contributed by atoms with E-state index in [2.05, 4.69) is 31.3 Å². The van der Waals surface area contributed by atoms with Crippen molar-refractivity contribution in [1.82, 2.24) is 10.2 Å². The second-order valence-electron chi connectivity index (χ2n) is 8.79. The van der Waals surface area contributed by atoms with Gasteiger partial charge < -0.3 is 20.1 Å². The molecule has 164 valence electrons. The van der Waals surface area contributed by atoms with Gasteiger partial charge in [-0.05, 0) is 55.9 Å². The molecule has 2 fully saturated rings. The average Bonchev–Trinajstić information content (AvgIpc) is 3.07. The van der Waals surface area contributed by atoms with Crippen molar-refractivity contribution in [1.29, 1.82) is 0 Å². The molecule has 0 spiro atoms. The molecule has 1 aromatic heterocycles. The maximum absolute atomic E-state index is 10.2. The molecule has 3 aromatic rings. The van der Waals surface area contributed by atoms with Gasteiger partial charge in [0.1, 0.15) is 5.75 Å². The number of nitrogens with zero attached hydrogens (tertiary/aromatic N) is 4. The molecule has 7 nitrogen and oxygen atoms in total. The Labute approximate surface area is 187 Å². The number of rotatable bonds is 5. The van der Waals surface area contributed by atoms with Crippen molar-refractivity contribution in [3.8, 4) is 5.75 Å². The van der Waals surface area contributed by atoms with Gasteiger partial charge in [0, 0.05) is 29.4 Å². The van der Waals surface area contributed by atoms with E-state index in [0.29, 0.717) is 30.1 Å². The van der Waals surface area contributed by atoms with Gasteiger partial charge in [-0.15, -0.1) is 10.2 Å². The Bertz CT molecular complexity index is 1190. The Morgan fingerprint density at radius 1 is 1.12 bits per heavy atom. The first-order valence-corrected chi connectivity index (χ1v) is 11.1. The van der Waals surface area contributed by atoms with E-state index in [1.165, 1.54) is 0 Å². The molecule has 2 bridgehead atoms. The number of ether oxygens (including phenoxy) is 1. The molecule has 2 N–H and O–H groups in total. The summed E-state index contributed by atoms with van der Waals surface area (Å²) in [6.07, 6.45) is 3.46. The van der Waals surface area contributed by atoms with Crippen molar-refractivity contribution in [2.24, 2.45) is 0 Å². The third-order valence-corrected chi connectivity index (χ3v) is 6.74. The Kier molecular flexibility index (Phi) is 5.32. The average molecular weight is 430 g/mol. The van der Waals surface area contributed by atoms with E-state index in [9.17, 15) is 5.11 Å². The highest BCUT2D eigenvalue weighted by molar-refractivity contribution is 6.00. The van der Waals surface area contributed by atoms with Crippen molar-refractivity contribution in [3.05, 3.63) is 58.9 Å². The van der Waals surface area contributed by atoms with Gasteiger partial charge in [0.05, 0.1) is 19.8 Å². The number of piperidine rings is 1. The summed E-state index contributed by atoms with van der Waals surface area (Å²) < 4.78 is 5.35. The molecule has 7 heteroatoms. The number of aromatic nitrogens is 2. The van der Waals surface area contributed by atoms with Crippen LogP contribution in [0.3, 0.4) is 0 Å². The summed E-state index contributed by atoms with van der Waals surface area (Å²) in [5, 5.41) is 24.7. The molecule has 2 atom stereocenters. The molecule has 0 aliphatic carbocycles. The van der Waals surface area contributed by atoms with Gasteiger partial charge in [0.2, 0.25) is 0 Å². The highest BCUT2D eigenvalue weighted by Crippen LogP contribution is 2.42. The van der Waals surface area contributed by atoms with Gasteiger partial charge in [0.15, 0.2) is 17.3 Å². The summed E-state index contributed by atoms with van der Waals surface area (Å²) >= 11 is 0. The molecule has 2 saturated heterocycles. The zero-order valence-corrected chi connectivity index (χ0v) is 18.4. The zero-order valence-electron chi connectivity index (χ0n) is 18.4. The lowest BCUT2D eigenvalue weighted by molar-refractivity contribution is 0.126. The van der Waals surface area contributed by atoms with Crippen LogP contribution in [0.5, 0.6) is 5.75 Å². The molecule has 5 rings (SSSR count). The summed E-state index contributed by atoms with van der Waals surface area (Å²) in [6, 6.07) is 12.4. The van der Waals surface area contributed by atoms with Crippen LogP contribution in [0, 0.1) is 13.5 Å². The van der Waals surface area contributed by atoms with E-state index in [1.54, 1.807) is 7.11 Å². The fraction of sp³-hybridized carbons (Fsp3) is 0.400. The first kappa shape index (κ1) is 20.5. The first-order valence-electron chi connectivity index (χ1n) is 11.1. The van der Waals surface area contributed by atoms with Gasteiger partial charge in [-0.25, -0.2) is 4.85 Å². The predicted octanol–water partition coefficient (Wildman–Crippen LogP) is 4.60. The molecule has 0 saturated carbocycles. The third-order valence-electron chi connectivity index (χ3n) is 6.74. The van der Waals surface area contributed by atoms with Crippen molar-refractivity contribution in [3.63, 3.8) is 0 Å². The summed E-state index contributed by atoms with van der Waals surface area (Å²) in [6.45, 7) is 10.1. The first-order chi connectivity index (χ1) is 15.6. The standard InChI is InChI=1S/C25H27N5O2/c1-15-10-16(4-9-23(15)32-3)14-27-24-22-11-17(26-2)5-8-21(22)25(29-28-24)30-18-6-7-19(30)13-20(31)12-18/h4-5,8-11,18-20,31H,6-7,12-14H2,1,3H3,(H,27,28). The summed E-state index contributed by atoms with van der Waals surface area (Å²) in [4.78, 5) is 5.98. The number of nitrogens with one attached hydrogen (secondary N) is 1. The van der Waals surface area contributed by atoms with Gasteiger partial charge in [0.25, 0.3) is 0 Å². The SMILES string of the molecule is [C-]#[N+]c1ccc2c(N3C4CCC3CC(O)C4)nnc(NCc3ccc(OC)c(C)c3)c2c1. The molecule has 2 aliphatic rings. The van der Waals surface area contributed by atoms with Crippen LogP contribution in [0.25, 0.3) is 15.6 Å². The number of benzene rings is 2. The highest BCUT2D eigenvalue weighted by Gasteiger charge is 2.41. The lowest BCUT2D eigenvalue weighted by Gasteiger charge is -2.38. The van der Waals surface area contributed by atoms with E-state index in [0.717, 1.165) is 59.2 Å². The second-order valence-corrected chi connectivity index (χ2v) is 8.79. The van der Waals surface area contributed by atoms with Crippen LogP contribution in [-0.4, -0.2) is 40.6 Å². The lowest BCUT2D eigenvalue weighted by Crippen LogP contribution is -2.45. The molecule has 2 unspecified atom stereocenters. The largest absolute Gasteiger partial charge is 0.496 e. The smallest absolute Gasteiger partial charge is 0.188 e. The molecular formula is C25H27N5O2. The summed E-state index contributed by atoms with van der Waals surface area (Å²) in [7, 11) is 1.67. The van der Waals surface area contributed by atoms with E-state index < -0.39 is 0 Å². The summed E-state index contributed by atoms with van der Waals surface area (Å²) in [5.74, 6) is 2.40. The minimum atomic E-state index is -0.231. The van der Waals surface area contributed by atoms with E-state index in [4.69, 9.17) is 11.3 Å². The Hall–Kier alpha value is -3.37.